The number of aliphatic hydroxyl groups is 1. The van der Waals surface area contributed by atoms with Crippen LogP contribution in [0.4, 0.5) is 5.82 Å². The van der Waals surface area contributed by atoms with Crippen molar-refractivity contribution in [2.75, 3.05) is 31.7 Å². The van der Waals surface area contributed by atoms with Crippen molar-refractivity contribution < 1.29 is 14.6 Å². The fourth-order valence-electron chi connectivity index (χ4n) is 5.09. The molecule has 1 unspecified atom stereocenters. The number of fused-ring (bicyclic) bond motifs is 1. The van der Waals surface area contributed by atoms with Crippen molar-refractivity contribution in [3.8, 4) is 11.8 Å². The molecule has 5 rings (SSSR count). The van der Waals surface area contributed by atoms with Crippen LogP contribution in [0, 0.1) is 22.7 Å². The van der Waals surface area contributed by atoms with E-state index in [9.17, 15) is 9.90 Å². The molecule has 1 saturated heterocycles. The number of benzene rings is 1. The van der Waals surface area contributed by atoms with E-state index in [0.29, 0.717) is 23.3 Å². The zero-order valence-corrected chi connectivity index (χ0v) is 18.4. The Morgan fingerprint density at radius 1 is 1.42 bits per heavy atom. The van der Waals surface area contributed by atoms with Crippen molar-refractivity contribution >= 4 is 22.8 Å². The molecule has 2 fully saturated rings. The molecule has 1 amide bonds. The zero-order valence-electron chi connectivity index (χ0n) is 18.4. The fourth-order valence-corrected chi connectivity index (χ4v) is 5.09. The van der Waals surface area contributed by atoms with E-state index in [1.807, 2.05) is 12.3 Å². The Bertz CT molecular complexity index is 1230. The maximum absolute atomic E-state index is 13.4. The van der Waals surface area contributed by atoms with Gasteiger partial charge in [0.05, 0.1) is 36.8 Å². The van der Waals surface area contributed by atoms with Gasteiger partial charge in [0.1, 0.15) is 23.5 Å². The molecule has 3 heterocycles. The third-order valence-electron chi connectivity index (χ3n) is 7.01. The second-order valence-corrected chi connectivity index (χ2v) is 8.87. The van der Waals surface area contributed by atoms with Crippen LogP contribution in [0.3, 0.4) is 0 Å². The molecule has 1 aliphatic heterocycles. The Morgan fingerprint density at radius 2 is 2.27 bits per heavy atom. The van der Waals surface area contributed by atoms with Crippen molar-refractivity contribution in [2.24, 2.45) is 11.3 Å². The first-order chi connectivity index (χ1) is 16.1. The van der Waals surface area contributed by atoms with E-state index in [4.69, 9.17) is 10.00 Å². The molecule has 9 heteroatoms. The number of nitriles is 1. The van der Waals surface area contributed by atoms with E-state index in [1.165, 1.54) is 7.11 Å². The van der Waals surface area contributed by atoms with Crippen molar-refractivity contribution in [3.05, 3.63) is 47.9 Å². The number of carbonyl (C=O) groups is 1. The topological polar surface area (TPSA) is 127 Å². The lowest BCUT2D eigenvalue weighted by Gasteiger charge is -2.39. The van der Waals surface area contributed by atoms with Gasteiger partial charge in [0.25, 0.3) is 0 Å². The van der Waals surface area contributed by atoms with Crippen LogP contribution in [-0.2, 0) is 4.79 Å². The Balaban J connectivity index is 1.33. The van der Waals surface area contributed by atoms with Gasteiger partial charge in [-0.3, -0.25) is 4.79 Å². The molecule has 3 N–H and O–H groups in total. The fraction of sp³-hybridized carbons (Fsp3) is 0.417. The summed E-state index contributed by atoms with van der Waals surface area (Å²) in [7, 11) is 1.51. The van der Waals surface area contributed by atoms with Crippen LogP contribution in [0.2, 0.25) is 0 Å². The maximum Gasteiger partial charge on any atom is 0.224 e. The number of methoxy groups -OCH3 is 1. The number of hydrogen-bond acceptors (Lipinski definition) is 7. The summed E-state index contributed by atoms with van der Waals surface area (Å²) in [4.78, 5) is 27.6. The minimum atomic E-state index is -0.602. The summed E-state index contributed by atoms with van der Waals surface area (Å²) in [6.45, 7) is 1.24. The highest BCUT2D eigenvalue weighted by Crippen LogP contribution is 2.56. The maximum atomic E-state index is 13.4. The largest absolute Gasteiger partial charge is 0.496 e. The first kappa shape index (κ1) is 21.2. The third kappa shape index (κ3) is 3.76. The number of amides is 1. The number of aliphatic hydroxyl groups excluding tert-OH is 1. The number of aromatic amines is 1. The Morgan fingerprint density at radius 3 is 3.00 bits per heavy atom. The number of H-pyrrole nitrogens is 1. The quantitative estimate of drug-likeness (QED) is 0.530. The lowest BCUT2D eigenvalue weighted by Crippen LogP contribution is -2.49. The number of nitrogens with zero attached hydrogens (tertiary/aromatic N) is 4. The van der Waals surface area contributed by atoms with Gasteiger partial charge in [-0.15, -0.1) is 0 Å². The summed E-state index contributed by atoms with van der Waals surface area (Å²) in [6, 6.07) is 8.47. The van der Waals surface area contributed by atoms with E-state index >= 15 is 0 Å². The number of rotatable bonds is 6. The average molecular weight is 447 g/mol. The summed E-state index contributed by atoms with van der Waals surface area (Å²) in [6.07, 6.45) is 6.13. The van der Waals surface area contributed by atoms with Gasteiger partial charge in [-0.2, -0.15) is 5.26 Å². The number of nitrogens with one attached hydrogen (secondary N) is 2. The molecule has 1 saturated carbocycles. The smallest absolute Gasteiger partial charge is 0.224 e. The zero-order chi connectivity index (χ0) is 23.0. The highest BCUT2D eigenvalue weighted by atomic mass is 16.5. The van der Waals surface area contributed by atoms with Crippen LogP contribution < -0.4 is 15.0 Å². The predicted molar refractivity (Wildman–Crippen MR) is 122 cm³/mol. The van der Waals surface area contributed by atoms with Crippen LogP contribution in [0.25, 0.3) is 11.0 Å². The summed E-state index contributed by atoms with van der Waals surface area (Å²) >= 11 is 0. The number of hydrogen-bond donors (Lipinski definition) is 3. The standard InChI is InChI=1S/C24H26N6O3/c1-33-20-10-15(11-25)2-3-16(20)19(12-31)29-23(32)18-5-9-30(13-24(18)6-7-24)22-17-4-8-26-21(17)27-14-28-22/h2-4,8,10,14,18-19,31H,5-7,9,12-13H2,1H3,(H,29,32)(H,26,27,28)/t18-,19?/m1/s1. The number of carbonyl (C=O) groups excluding carboxylic acids is 1. The van der Waals surface area contributed by atoms with Crippen molar-refractivity contribution in [3.63, 3.8) is 0 Å². The van der Waals surface area contributed by atoms with Gasteiger partial charge in [0.15, 0.2) is 0 Å². The molecular formula is C24H26N6O3. The Kier molecular flexibility index (Phi) is 5.38. The molecule has 33 heavy (non-hydrogen) atoms. The molecule has 1 aromatic carbocycles. The lowest BCUT2D eigenvalue weighted by atomic mass is 9.81. The minimum absolute atomic E-state index is 0.0490. The summed E-state index contributed by atoms with van der Waals surface area (Å²) in [5, 5.41) is 23.2. The number of piperidine rings is 1. The van der Waals surface area contributed by atoms with Gasteiger partial charge in [0, 0.05) is 30.8 Å². The molecule has 1 aliphatic carbocycles. The molecule has 170 valence electrons. The lowest BCUT2D eigenvalue weighted by molar-refractivity contribution is -0.129. The molecule has 3 aromatic rings. The molecular weight excluding hydrogens is 420 g/mol. The highest BCUT2D eigenvalue weighted by molar-refractivity contribution is 5.88. The SMILES string of the molecule is COc1cc(C#N)ccc1C(CO)NC(=O)[C@H]1CCN(c2ncnc3[nH]ccc23)CC12CC2. The molecule has 2 aromatic heterocycles. The minimum Gasteiger partial charge on any atom is -0.496 e. The molecule has 0 bridgehead atoms. The van der Waals surface area contributed by atoms with Crippen LogP contribution in [-0.4, -0.2) is 52.8 Å². The highest BCUT2D eigenvalue weighted by Gasteiger charge is 2.55. The van der Waals surface area contributed by atoms with Crippen LogP contribution >= 0.6 is 0 Å². The van der Waals surface area contributed by atoms with Gasteiger partial charge < -0.3 is 25.0 Å². The predicted octanol–water partition coefficient (Wildman–Crippen LogP) is 2.29. The van der Waals surface area contributed by atoms with Gasteiger partial charge >= 0.3 is 0 Å². The monoisotopic (exact) mass is 446 g/mol. The van der Waals surface area contributed by atoms with Gasteiger partial charge in [-0.25, -0.2) is 9.97 Å². The molecule has 2 aliphatic rings. The van der Waals surface area contributed by atoms with Crippen LogP contribution in [0.5, 0.6) is 5.75 Å². The van der Waals surface area contributed by atoms with Crippen LogP contribution in [0.15, 0.2) is 36.8 Å². The third-order valence-corrected chi connectivity index (χ3v) is 7.01. The van der Waals surface area contributed by atoms with Crippen molar-refractivity contribution in [2.45, 2.75) is 25.3 Å². The van der Waals surface area contributed by atoms with E-state index < -0.39 is 6.04 Å². The normalized spacial score (nSPS) is 19.8. The Labute approximate surface area is 191 Å². The number of aromatic nitrogens is 3. The molecule has 1 spiro atoms. The van der Waals surface area contributed by atoms with E-state index in [-0.39, 0.29) is 23.8 Å². The first-order valence-corrected chi connectivity index (χ1v) is 11.1. The second kappa shape index (κ2) is 8.37. The van der Waals surface area contributed by atoms with Crippen LogP contribution in [0.1, 0.15) is 36.4 Å². The van der Waals surface area contributed by atoms with E-state index in [0.717, 1.165) is 42.8 Å². The average Bonchev–Trinajstić information content (AvgIpc) is 3.42. The molecule has 0 radical (unpaired) electrons. The van der Waals surface area contributed by atoms with Gasteiger partial charge in [-0.1, -0.05) is 6.07 Å². The van der Waals surface area contributed by atoms with E-state index in [1.54, 1.807) is 24.5 Å². The number of anilines is 1. The Hall–Kier alpha value is -3.64. The molecule has 2 atom stereocenters. The van der Waals surface area contributed by atoms with Crippen molar-refractivity contribution in [1.82, 2.24) is 20.3 Å². The van der Waals surface area contributed by atoms with Crippen molar-refractivity contribution in [1.29, 1.82) is 5.26 Å². The summed E-state index contributed by atoms with van der Waals surface area (Å²) in [5.41, 5.74) is 1.85. The number of ether oxygens (including phenoxy) is 1. The van der Waals surface area contributed by atoms with Gasteiger partial charge in [0.2, 0.25) is 5.91 Å². The second-order valence-electron chi connectivity index (χ2n) is 8.87. The van der Waals surface area contributed by atoms with E-state index in [2.05, 4.69) is 31.2 Å². The summed E-state index contributed by atoms with van der Waals surface area (Å²) < 4.78 is 5.41. The molecule has 9 nitrogen and oxygen atoms in total. The summed E-state index contributed by atoms with van der Waals surface area (Å²) in [5.74, 6) is 1.20. The van der Waals surface area contributed by atoms with Gasteiger partial charge in [-0.05, 0) is 42.9 Å². The first-order valence-electron chi connectivity index (χ1n) is 11.1.